The van der Waals surface area contributed by atoms with E-state index in [0.29, 0.717) is 25.1 Å². The fourth-order valence-corrected chi connectivity index (χ4v) is 4.60. The van der Waals surface area contributed by atoms with Gasteiger partial charge in [0.15, 0.2) is 0 Å². The Morgan fingerprint density at radius 1 is 1.21 bits per heavy atom. The number of ether oxygens (including phenoxy) is 1. The van der Waals surface area contributed by atoms with Crippen LogP contribution in [0.15, 0.2) is 30.3 Å². The lowest BCUT2D eigenvalue weighted by Crippen LogP contribution is -2.38. The Balaban J connectivity index is 1.62. The lowest BCUT2D eigenvalue weighted by molar-refractivity contribution is -0.0138. The SMILES string of the molecule is CCc1cc(C#N)ccc1COC1c2cc(O)cc(O)c2CC1N1CCC(O)C1. The van der Waals surface area contributed by atoms with Gasteiger partial charge in [0.2, 0.25) is 0 Å². The molecule has 3 unspecified atom stereocenters. The van der Waals surface area contributed by atoms with Crippen molar-refractivity contribution in [2.24, 2.45) is 0 Å². The number of aliphatic hydroxyl groups is 1. The van der Waals surface area contributed by atoms with Gasteiger partial charge in [0.1, 0.15) is 11.5 Å². The summed E-state index contributed by atoms with van der Waals surface area (Å²) in [7, 11) is 0. The Morgan fingerprint density at radius 3 is 2.72 bits per heavy atom. The van der Waals surface area contributed by atoms with Gasteiger partial charge in [-0.2, -0.15) is 5.26 Å². The van der Waals surface area contributed by atoms with Crippen molar-refractivity contribution in [3.8, 4) is 17.6 Å². The number of nitrogens with zero attached hydrogens (tertiary/aromatic N) is 2. The van der Waals surface area contributed by atoms with Gasteiger partial charge in [-0.25, -0.2) is 0 Å². The van der Waals surface area contributed by atoms with Crippen LogP contribution in [0, 0.1) is 11.3 Å². The Kier molecular flexibility index (Phi) is 5.46. The third-order valence-electron chi connectivity index (χ3n) is 6.11. The van der Waals surface area contributed by atoms with Gasteiger partial charge < -0.3 is 20.1 Å². The van der Waals surface area contributed by atoms with Crippen LogP contribution in [0.25, 0.3) is 0 Å². The van der Waals surface area contributed by atoms with Crippen molar-refractivity contribution in [2.75, 3.05) is 13.1 Å². The molecule has 1 heterocycles. The minimum Gasteiger partial charge on any atom is -0.508 e. The number of hydrogen-bond acceptors (Lipinski definition) is 6. The normalized spacial score (nSPS) is 23.8. The summed E-state index contributed by atoms with van der Waals surface area (Å²) < 4.78 is 6.37. The van der Waals surface area contributed by atoms with E-state index in [1.165, 1.54) is 6.07 Å². The van der Waals surface area contributed by atoms with Gasteiger partial charge in [-0.3, -0.25) is 4.90 Å². The van der Waals surface area contributed by atoms with Crippen molar-refractivity contribution < 1.29 is 20.1 Å². The lowest BCUT2D eigenvalue weighted by atomic mass is 10.0. The van der Waals surface area contributed by atoms with Crippen molar-refractivity contribution in [1.82, 2.24) is 4.90 Å². The molecule has 0 saturated carbocycles. The summed E-state index contributed by atoms with van der Waals surface area (Å²) >= 11 is 0. The molecule has 3 atom stereocenters. The smallest absolute Gasteiger partial charge is 0.122 e. The first-order valence-electron chi connectivity index (χ1n) is 10.1. The highest BCUT2D eigenvalue weighted by Crippen LogP contribution is 2.44. The molecule has 152 valence electrons. The molecule has 1 aliphatic heterocycles. The van der Waals surface area contributed by atoms with E-state index in [-0.39, 0.29) is 29.7 Å². The Morgan fingerprint density at radius 2 is 2.03 bits per heavy atom. The summed E-state index contributed by atoms with van der Waals surface area (Å²) in [6, 6.07) is 10.8. The van der Waals surface area contributed by atoms with Crippen LogP contribution in [0.3, 0.4) is 0 Å². The van der Waals surface area contributed by atoms with Crippen molar-refractivity contribution in [2.45, 2.75) is 51.0 Å². The number of benzene rings is 2. The van der Waals surface area contributed by atoms with Gasteiger partial charge >= 0.3 is 0 Å². The second-order valence-corrected chi connectivity index (χ2v) is 7.92. The second kappa shape index (κ2) is 8.03. The van der Waals surface area contributed by atoms with E-state index in [1.54, 1.807) is 12.1 Å². The van der Waals surface area contributed by atoms with E-state index in [0.717, 1.165) is 41.6 Å². The highest BCUT2D eigenvalue weighted by molar-refractivity contribution is 5.50. The molecule has 6 nitrogen and oxygen atoms in total. The number of β-amino-alcohol motifs (C(OH)–C–C–N with tert-alkyl or cyclic N) is 1. The van der Waals surface area contributed by atoms with Crippen LogP contribution in [0.5, 0.6) is 11.5 Å². The molecule has 0 spiro atoms. The standard InChI is InChI=1S/C23H26N2O4/c1-2-15-7-14(11-24)3-4-16(15)13-29-23-20-8-18(27)9-22(28)19(20)10-21(23)25-6-5-17(26)12-25/h3-4,7-9,17,21,23,26-28H,2,5-6,10,12-13H2,1H3. The predicted octanol–water partition coefficient (Wildman–Crippen LogP) is 2.78. The third-order valence-corrected chi connectivity index (χ3v) is 6.11. The fourth-order valence-electron chi connectivity index (χ4n) is 4.60. The maximum atomic E-state index is 10.4. The molecule has 6 heteroatoms. The molecular formula is C23H26N2O4. The quantitative estimate of drug-likeness (QED) is 0.722. The van der Waals surface area contributed by atoms with E-state index >= 15 is 0 Å². The maximum Gasteiger partial charge on any atom is 0.122 e. The van der Waals surface area contributed by atoms with E-state index in [2.05, 4.69) is 17.9 Å². The Hall–Kier alpha value is -2.59. The van der Waals surface area contributed by atoms with Gasteiger partial charge in [0.25, 0.3) is 0 Å². The van der Waals surface area contributed by atoms with Gasteiger partial charge in [-0.05, 0) is 54.2 Å². The van der Waals surface area contributed by atoms with Gasteiger partial charge in [-0.15, -0.1) is 0 Å². The third kappa shape index (κ3) is 3.82. The van der Waals surface area contributed by atoms with Crippen LogP contribution in [0.4, 0.5) is 0 Å². The molecule has 0 aromatic heterocycles. The zero-order valence-corrected chi connectivity index (χ0v) is 16.5. The molecule has 2 aromatic rings. The first-order valence-corrected chi connectivity index (χ1v) is 10.1. The molecule has 0 amide bonds. The second-order valence-electron chi connectivity index (χ2n) is 7.92. The number of rotatable bonds is 5. The molecule has 1 saturated heterocycles. The number of aromatic hydroxyl groups is 2. The molecule has 29 heavy (non-hydrogen) atoms. The van der Waals surface area contributed by atoms with Crippen LogP contribution < -0.4 is 0 Å². The van der Waals surface area contributed by atoms with E-state index in [1.807, 2.05) is 12.1 Å². The highest BCUT2D eigenvalue weighted by atomic mass is 16.5. The van der Waals surface area contributed by atoms with E-state index < -0.39 is 0 Å². The van der Waals surface area contributed by atoms with E-state index in [9.17, 15) is 15.3 Å². The average molecular weight is 394 g/mol. The Bertz CT molecular complexity index is 953. The topological polar surface area (TPSA) is 97.0 Å². The van der Waals surface area contributed by atoms with Crippen molar-refractivity contribution in [1.29, 1.82) is 5.26 Å². The molecule has 3 N–H and O–H groups in total. The number of nitriles is 1. The highest BCUT2D eigenvalue weighted by Gasteiger charge is 2.41. The van der Waals surface area contributed by atoms with E-state index in [4.69, 9.17) is 10.00 Å². The van der Waals surface area contributed by atoms with Crippen LogP contribution in [0.2, 0.25) is 0 Å². The summed E-state index contributed by atoms with van der Waals surface area (Å²) in [6.45, 7) is 3.80. The Labute approximate surface area is 170 Å². The minimum absolute atomic E-state index is 0.00157. The number of hydrogen-bond donors (Lipinski definition) is 3. The summed E-state index contributed by atoms with van der Waals surface area (Å²) in [5, 5.41) is 39.5. The van der Waals surface area contributed by atoms with Crippen LogP contribution in [-0.4, -0.2) is 45.5 Å². The summed E-state index contributed by atoms with van der Waals surface area (Å²) in [6.07, 6.45) is 1.50. The van der Waals surface area contributed by atoms with Crippen molar-refractivity contribution in [3.63, 3.8) is 0 Å². The predicted molar refractivity (Wildman–Crippen MR) is 108 cm³/mol. The summed E-state index contributed by atoms with van der Waals surface area (Å²) in [5.74, 6) is 0.105. The first kappa shape index (κ1) is 19.7. The molecular weight excluding hydrogens is 368 g/mol. The number of aryl methyl sites for hydroxylation is 1. The fraction of sp³-hybridized carbons (Fsp3) is 0.435. The average Bonchev–Trinajstić information content (AvgIpc) is 3.29. The van der Waals surface area contributed by atoms with Gasteiger partial charge in [-0.1, -0.05) is 13.0 Å². The number of fused-ring (bicyclic) bond motifs is 1. The number of phenolic OH excluding ortho intramolecular Hbond substituents is 2. The molecule has 2 aliphatic rings. The van der Waals surface area contributed by atoms with Crippen LogP contribution >= 0.6 is 0 Å². The number of phenols is 2. The zero-order chi connectivity index (χ0) is 20.5. The van der Waals surface area contributed by atoms with Crippen LogP contribution in [-0.2, 0) is 24.2 Å². The molecule has 0 radical (unpaired) electrons. The summed E-state index contributed by atoms with van der Waals surface area (Å²) in [5.41, 5.74) is 4.35. The van der Waals surface area contributed by atoms with Crippen molar-refractivity contribution >= 4 is 0 Å². The molecule has 2 aromatic carbocycles. The molecule has 0 bridgehead atoms. The minimum atomic E-state index is -0.341. The molecule has 4 rings (SSSR count). The lowest BCUT2D eigenvalue weighted by Gasteiger charge is -2.30. The molecule has 1 fully saturated rings. The maximum absolute atomic E-state index is 10.4. The first-order chi connectivity index (χ1) is 14.0. The zero-order valence-electron chi connectivity index (χ0n) is 16.5. The van der Waals surface area contributed by atoms with Crippen LogP contribution in [0.1, 0.15) is 47.3 Å². The number of aliphatic hydroxyl groups excluding tert-OH is 1. The van der Waals surface area contributed by atoms with Crippen molar-refractivity contribution in [3.05, 3.63) is 58.1 Å². The molecule has 1 aliphatic carbocycles. The largest absolute Gasteiger partial charge is 0.508 e. The van der Waals surface area contributed by atoms with Gasteiger partial charge in [0, 0.05) is 30.8 Å². The monoisotopic (exact) mass is 394 g/mol. The number of likely N-dealkylation sites (tertiary alicyclic amines) is 1. The summed E-state index contributed by atoms with van der Waals surface area (Å²) in [4.78, 5) is 2.21. The van der Waals surface area contributed by atoms with Gasteiger partial charge in [0.05, 0.1) is 30.4 Å².